The molecule has 2 rings (SSSR count). The van der Waals surface area contributed by atoms with E-state index in [-0.39, 0.29) is 6.73 Å². The van der Waals surface area contributed by atoms with Crippen LogP contribution in [0.2, 0.25) is 0 Å². The van der Waals surface area contributed by atoms with Gasteiger partial charge in [0.2, 0.25) is 0 Å². The van der Waals surface area contributed by atoms with E-state index < -0.39 is 7.82 Å². The topological polar surface area (TPSA) is 73.2 Å². The van der Waals surface area contributed by atoms with Gasteiger partial charge in [-0.1, -0.05) is 0 Å². The number of methoxy groups -OCH3 is 1. The van der Waals surface area contributed by atoms with E-state index in [1.807, 2.05) is 38.5 Å². The number of likely N-dealkylation sites (N-methyl/N-ethyl adjacent to an activating group) is 1. The van der Waals surface area contributed by atoms with Gasteiger partial charge in [0, 0.05) is 25.2 Å². The van der Waals surface area contributed by atoms with E-state index in [1.165, 1.54) is 0 Å². The quantitative estimate of drug-likeness (QED) is 0.743. The van der Waals surface area contributed by atoms with E-state index in [9.17, 15) is 9.46 Å². The Balaban J connectivity index is 2.34. The lowest BCUT2D eigenvalue weighted by atomic mass is 10.1. The van der Waals surface area contributed by atoms with E-state index in [0.29, 0.717) is 0 Å². The van der Waals surface area contributed by atoms with Gasteiger partial charge in [-0.25, -0.2) is 4.57 Å². The Morgan fingerprint density at radius 1 is 1.30 bits per heavy atom. The van der Waals surface area contributed by atoms with Crippen molar-refractivity contribution < 1.29 is 23.2 Å². The molecule has 1 N–H and O–H groups in total. The minimum absolute atomic E-state index is 0.0631. The molecule has 1 unspecified atom stereocenters. The predicted octanol–water partition coefficient (Wildman–Crippen LogP) is 2.47. The maximum absolute atomic E-state index is 11.5. The minimum Gasteiger partial charge on any atom is -0.497 e. The van der Waals surface area contributed by atoms with Crippen LogP contribution in [0.5, 0.6) is 5.75 Å². The van der Waals surface area contributed by atoms with Gasteiger partial charge in [-0.3, -0.25) is 9.05 Å². The molecule has 128 valence electrons. The summed E-state index contributed by atoms with van der Waals surface area (Å²) in [4.78, 5) is 11.5. The zero-order valence-corrected chi connectivity index (χ0v) is 14.7. The molecule has 0 aliphatic rings. The lowest BCUT2D eigenvalue weighted by molar-refractivity contribution is 0.139. The number of hydrogen-bond donors (Lipinski definition) is 1. The Hall–Kier alpha value is -1.37. The zero-order valence-electron chi connectivity index (χ0n) is 13.9. The molecule has 1 aromatic heterocycles. The first-order chi connectivity index (χ1) is 10.9. The third-order valence-electron chi connectivity index (χ3n) is 3.59. The summed E-state index contributed by atoms with van der Waals surface area (Å²) in [6.07, 6.45) is 2.79. The minimum atomic E-state index is -4.01. The number of nitrogens with zero attached hydrogens (tertiary/aromatic N) is 2. The highest BCUT2D eigenvalue weighted by molar-refractivity contribution is 7.47. The van der Waals surface area contributed by atoms with Crippen molar-refractivity contribution in [3.8, 4) is 5.75 Å². The third kappa shape index (κ3) is 4.56. The van der Waals surface area contributed by atoms with Crippen LogP contribution in [0.1, 0.15) is 5.56 Å². The second-order valence-electron chi connectivity index (χ2n) is 5.47. The molecule has 0 aliphatic carbocycles. The first-order valence-electron chi connectivity index (χ1n) is 7.20. The van der Waals surface area contributed by atoms with Gasteiger partial charge < -0.3 is 19.1 Å². The summed E-state index contributed by atoms with van der Waals surface area (Å²) in [7, 11) is 2.79. The summed E-state index contributed by atoms with van der Waals surface area (Å²) in [6, 6.07) is 5.72. The summed E-state index contributed by atoms with van der Waals surface area (Å²) < 4.78 is 28.0. The van der Waals surface area contributed by atoms with Crippen LogP contribution in [0.15, 0.2) is 24.4 Å². The van der Waals surface area contributed by atoms with Crippen LogP contribution in [-0.2, 0) is 26.8 Å². The smallest absolute Gasteiger partial charge is 0.473 e. The zero-order chi connectivity index (χ0) is 17.0. The van der Waals surface area contributed by atoms with E-state index in [2.05, 4.69) is 9.42 Å². The molecule has 0 aliphatic heterocycles. The molecule has 0 amide bonds. The molecule has 1 atom stereocenters. The standard InChI is InChI=1S/C15H23N2O5P/c1-16(2)8-7-12-10-17(11-22-23(18,19)21-4)15-6-5-13(20-3)9-14(12)15/h5-6,9-10H,7-8,11H2,1-4H3,(H,18,19). The maximum atomic E-state index is 11.5. The van der Waals surface area contributed by atoms with Crippen LogP contribution in [-0.4, -0.2) is 49.2 Å². The molecule has 0 saturated heterocycles. The molecule has 0 saturated carbocycles. The highest BCUT2D eigenvalue weighted by Gasteiger charge is 2.19. The predicted molar refractivity (Wildman–Crippen MR) is 88.7 cm³/mol. The normalized spacial score (nSPS) is 14.3. The van der Waals surface area contributed by atoms with Crippen molar-refractivity contribution in [2.45, 2.75) is 13.2 Å². The third-order valence-corrected chi connectivity index (χ3v) is 4.49. The largest absolute Gasteiger partial charge is 0.497 e. The van der Waals surface area contributed by atoms with Crippen molar-refractivity contribution >= 4 is 18.7 Å². The molecular formula is C15H23N2O5P. The Morgan fingerprint density at radius 2 is 2.04 bits per heavy atom. The van der Waals surface area contributed by atoms with Crippen LogP contribution in [0.3, 0.4) is 0 Å². The number of phosphoric ester groups is 1. The number of benzene rings is 1. The van der Waals surface area contributed by atoms with Gasteiger partial charge in [-0.2, -0.15) is 0 Å². The van der Waals surface area contributed by atoms with Crippen molar-refractivity contribution in [2.24, 2.45) is 0 Å². The fourth-order valence-corrected chi connectivity index (χ4v) is 2.69. The molecule has 0 fully saturated rings. The summed E-state index contributed by atoms with van der Waals surface area (Å²) in [5.41, 5.74) is 2.04. The van der Waals surface area contributed by atoms with Gasteiger partial charge in [0.1, 0.15) is 12.5 Å². The van der Waals surface area contributed by atoms with Crippen molar-refractivity contribution in [1.82, 2.24) is 9.47 Å². The summed E-state index contributed by atoms with van der Waals surface area (Å²) in [5.74, 6) is 0.770. The van der Waals surface area contributed by atoms with E-state index >= 15 is 0 Å². The van der Waals surface area contributed by atoms with E-state index in [1.54, 1.807) is 11.7 Å². The van der Waals surface area contributed by atoms with Gasteiger partial charge in [0.05, 0.1) is 12.6 Å². The summed E-state index contributed by atoms with van der Waals surface area (Å²) in [5, 5.41) is 1.04. The number of hydrogen-bond acceptors (Lipinski definition) is 5. The number of fused-ring (bicyclic) bond motifs is 1. The molecule has 0 spiro atoms. The first-order valence-corrected chi connectivity index (χ1v) is 8.69. The number of phosphoric acid groups is 1. The Labute approximate surface area is 136 Å². The second-order valence-corrected chi connectivity index (χ2v) is 7.03. The van der Waals surface area contributed by atoms with Crippen LogP contribution in [0.4, 0.5) is 0 Å². The SMILES string of the molecule is COc1ccc2c(c1)c(CCN(C)C)cn2COP(=O)(O)OC. The second kappa shape index (κ2) is 7.47. The van der Waals surface area contributed by atoms with Gasteiger partial charge in [0.25, 0.3) is 0 Å². The highest BCUT2D eigenvalue weighted by atomic mass is 31.2. The molecule has 0 bridgehead atoms. The lowest BCUT2D eigenvalue weighted by Gasteiger charge is -2.10. The first kappa shape index (κ1) is 18.0. The molecule has 1 heterocycles. The van der Waals surface area contributed by atoms with Crippen LogP contribution in [0.25, 0.3) is 10.9 Å². The molecular weight excluding hydrogens is 319 g/mol. The van der Waals surface area contributed by atoms with Gasteiger partial charge >= 0.3 is 7.82 Å². The molecule has 23 heavy (non-hydrogen) atoms. The molecule has 8 heteroatoms. The molecule has 1 aromatic carbocycles. The van der Waals surface area contributed by atoms with Crippen molar-refractivity contribution in [1.29, 1.82) is 0 Å². The number of rotatable bonds is 8. The van der Waals surface area contributed by atoms with Crippen LogP contribution >= 0.6 is 7.82 Å². The van der Waals surface area contributed by atoms with E-state index in [4.69, 9.17) is 9.26 Å². The van der Waals surface area contributed by atoms with Crippen LogP contribution < -0.4 is 4.74 Å². The van der Waals surface area contributed by atoms with E-state index in [0.717, 1.165) is 42.3 Å². The molecule has 2 aromatic rings. The van der Waals surface area contributed by atoms with Crippen LogP contribution in [0, 0.1) is 0 Å². The Bertz CT molecular complexity index is 713. The van der Waals surface area contributed by atoms with Gasteiger partial charge in [-0.05, 0) is 44.3 Å². The van der Waals surface area contributed by atoms with Gasteiger partial charge in [-0.15, -0.1) is 0 Å². The lowest BCUT2D eigenvalue weighted by Crippen LogP contribution is -2.14. The van der Waals surface area contributed by atoms with Gasteiger partial charge in [0.15, 0.2) is 0 Å². The fraction of sp³-hybridized carbons (Fsp3) is 0.467. The molecule has 7 nitrogen and oxygen atoms in total. The Kier molecular flexibility index (Phi) is 5.84. The Morgan fingerprint density at radius 3 is 2.65 bits per heavy atom. The fourth-order valence-electron chi connectivity index (χ4n) is 2.31. The molecule has 0 radical (unpaired) electrons. The number of ether oxygens (including phenoxy) is 1. The van der Waals surface area contributed by atoms with Crippen molar-refractivity contribution in [2.75, 3.05) is 34.9 Å². The highest BCUT2D eigenvalue weighted by Crippen LogP contribution is 2.42. The maximum Gasteiger partial charge on any atom is 0.473 e. The van der Waals surface area contributed by atoms with Crippen molar-refractivity contribution in [3.05, 3.63) is 30.0 Å². The summed E-state index contributed by atoms with van der Waals surface area (Å²) in [6.45, 7) is 0.833. The summed E-state index contributed by atoms with van der Waals surface area (Å²) >= 11 is 0. The number of aromatic nitrogens is 1. The monoisotopic (exact) mass is 342 g/mol. The average Bonchev–Trinajstić information content (AvgIpc) is 2.88. The average molecular weight is 342 g/mol. The van der Waals surface area contributed by atoms with Crippen molar-refractivity contribution in [3.63, 3.8) is 0 Å².